The number of hydrogen-bond donors (Lipinski definition) is 1. The van der Waals surface area contributed by atoms with Crippen LogP contribution in [0.4, 0.5) is 5.13 Å². The minimum Gasteiger partial charge on any atom is -0.298 e. The molecule has 0 bridgehead atoms. The third-order valence-electron chi connectivity index (χ3n) is 4.57. The van der Waals surface area contributed by atoms with Crippen molar-refractivity contribution in [3.05, 3.63) is 58.7 Å². The lowest BCUT2D eigenvalue weighted by molar-refractivity contribution is 0.102. The largest absolute Gasteiger partial charge is 0.298 e. The first-order valence-corrected chi connectivity index (χ1v) is 11.6. The van der Waals surface area contributed by atoms with Crippen LogP contribution < -0.4 is 5.32 Å². The second kappa shape index (κ2) is 8.19. The van der Waals surface area contributed by atoms with E-state index >= 15 is 0 Å². The Kier molecular flexibility index (Phi) is 5.64. The van der Waals surface area contributed by atoms with Crippen LogP contribution in [0.3, 0.4) is 0 Å². The van der Waals surface area contributed by atoms with E-state index in [1.807, 2.05) is 11.4 Å². The number of sulfonamides is 1. The molecule has 0 unspecified atom stereocenters. The van der Waals surface area contributed by atoms with Crippen molar-refractivity contribution in [3.8, 4) is 11.3 Å². The van der Waals surface area contributed by atoms with Gasteiger partial charge in [0.25, 0.3) is 5.91 Å². The van der Waals surface area contributed by atoms with E-state index in [9.17, 15) is 13.2 Å². The molecule has 0 spiro atoms. The highest BCUT2D eigenvalue weighted by Crippen LogP contribution is 2.28. The van der Waals surface area contributed by atoms with Crippen LogP contribution in [-0.4, -0.2) is 41.7 Å². The smallest absolute Gasteiger partial charge is 0.259 e. The van der Waals surface area contributed by atoms with Gasteiger partial charge < -0.3 is 0 Å². The fourth-order valence-electron chi connectivity index (χ4n) is 3.06. The normalized spacial score (nSPS) is 14.8. The summed E-state index contributed by atoms with van der Waals surface area (Å²) in [4.78, 5) is 21.2. The van der Waals surface area contributed by atoms with Crippen molar-refractivity contribution in [1.82, 2.24) is 14.3 Å². The van der Waals surface area contributed by atoms with Gasteiger partial charge in [-0.3, -0.25) is 15.1 Å². The Morgan fingerprint density at radius 2 is 2.00 bits per heavy atom. The number of nitrogens with zero attached hydrogens (tertiary/aromatic N) is 3. The van der Waals surface area contributed by atoms with Gasteiger partial charge >= 0.3 is 0 Å². The maximum absolute atomic E-state index is 12.8. The van der Waals surface area contributed by atoms with Crippen LogP contribution in [0.1, 0.15) is 23.2 Å². The van der Waals surface area contributed by atoms with Crippen molar-refractivity contribution >= 4 is 44.0 Å². The average molecular weight is 449 g/mol. The predicted molar refractivity (Wildman–Crippen MR) is 113 cm³/mol. The molecule has 7 nitrogen and oxygen atoms in total. The van der Waals surface area contributed by atoms with Gasteiger partial charge in [-0.2, -0.15) is 4.31 Å². The zero-order valence-corrected chi connectivity index (χ0v) is 17.6. The fourth-order valence-corrected chi connectivity index (χ4v) is 5.52. The lowest BCUT2D eigenvalue weighted by atomic mass is 10.2. The summed E-state index contributed by atoms with van der Waals surface area (Å²) in [6.45, 7) is 0.978. The van der Waals surface area contributed by atoms with Crippen LogP contribution in [0.15, 0.2) is 53.0 Å². The van der Waals surface area contributed by atoms with E-state index < -0.39 is 15.9 Å². The zero-order chi connectivity index (χ0) is 20.4. The summed E-state index contributed by atoms with van der Waals surface area (Å²) in [7, 11) is -3.64. The summed E-state index contributed by atoms with van der Waals surface area (Å²) in [6, 6.07) is 7.86. The highest BCUT2D eigenvalue weighted by molar-refractivity contribution is 7.89. The summed E-state index contributed by atoms with van der Waals surface area (Å²) in [5, 5.41) is 5.06. The molecule has 1 fully saturated rings. The molecular weight excluding hydrogens is 432 g/mol. The minimum atomic E-state index is -3.64. The van der Waals surface area contributed by atoms with Crippen molar-refractivity contribution < 1.29 is 13.2 Å². The molecule has 150 valence electrons. The second-order valence-corrected chi connectivity index (χ2v) is 9.69. The van der Waals surface area contributed by atoms with Gasteiger partial charge in [0.1, 0.15) is 0 Å². The minimum absolute atomic E-state index is 0.0594. The van der Waals surface area contributed by atoms with Crippen LogP contribution >= 0.6 is 22.9 Å². The highest BCUT2D eigenvalue weighted by Gasteiger charge is 2.28. The van der Waals surface area contributed by atoms with Crippen LogP contribution in [-0.2, 0) is 10.0 Å². The molecule has 10 heteroatoms. The van der Waals surface area contributed by atoms with Crippen LogP contribution in [0, 0.1) is 0 Å². The van der Waals surface area contributed by atoms with Crippen LogP contribution in [0.5, 0.6) is 0 Å². The Morgan fingerprint density at radius 1 is 1.21 bits per heavy atom. The molecule has 1 aliphatic rings. The number of halogens is 1. The number of pyridine rings is 1. The van der Waals surface area contributed by atoms with Crippen LogP contribution in [0.25, 0.3) is 11.3 Å². The predicted octanol–water partition coefficient (Wildman–Crippen LogP) is 3.90. The number of hydrogen-bond acceptors (Lipinski definition) is 6. The van der Waals surface area contributed by atoms with E-state index in [0.717, 1.165) is 18.4 Å². The Bertz CT molecular complexity index is 1140. The van der Waals surface area contributed by atoms with Crippen molar-refractivity contribution in [2.45, 2.75) is 17.7 Å². The average Bonchev–Trinajstić information content (AvgIpc) is 3.41. The van der Waals surface area contributed by atoms with E-state index in [4.69, 9.17) is 11.6 Å². The van der Waals surface area contributed by atoms with E-state index in [0.29, 0.717) is 23.9 Å². The molecular formula is C19H17ClN4O3S2. The number of carbonyl (C=O) groups excluding carboxylic acids is 1. The van der Waals surface area contributed by atoms with Crippen LogP contribution in [0.2, 0.25) is 5.02 Å². The molecule has 1 saturated heterocycles. The Hall–Kier alpha value is -2.33. The lowest BCUT2D eigenvalue weighted by Gasteiger charge is -2.16. The summed E-state index contributed by atoms with van der Waals surface area (Å²) < 4.78 is 27.0. The van der Waals surface area contributed by atoms with Gasteiger partial charge in [-0.1, -0.05) is 11.6 Å². The molecule has 3 heterocycles. The third kappa shape index (κ3) is 4.18. The van der Waals surface area contributed by atoms with Gasteiger partial charge in [-0.25, -0.2) is 13.4 Å². The van der Waals surface area contributed by atoms with E-state index in [1.165, 1.54) is 33.8 Å². The molecule has 1 aliphatic heterocycles. The third-order valence-corrected chi connectivity index (χ3v) is 7.55. The van der Waals surface area contributed by atoms with Gasteiger partial charge in [0.15, 0.2) is 5.13 Å². The molecule has 29 heavy (non-hydrogen) atoms. The molecule has 0 saturated carbocycles. The van der Waals surface area contributed by atoms with Gasteiger partial charge in [0, 0.05) is 36.4 Å². The number of carbonyl (C=O) groups is 1. The number of anilines is 1. The monoisotopic (exact) mass is 448 g/mol. The second-order valence-electron chi connectivity index (χ2n) is 6.49. The Labute approximate surface area is 177 Å². The first-order valence-electron chi connectivity index (χ1n) is 8.92. The maximum atomic E-state index is 12.8. The summed E-state index contributed by atoms with van der Waals surface area (Å²) in [5.41, 5.74) is 1.61. The number of aromatic nitrogens is 2. The zero-order valence-electron chi connectivity index (χ0n) is 15.2. The standard InChI is InChI=1S/C19H17ClN4O3S2/c20-16-6-5-14(29(26,27)24-8-1-2-9-24)10-15(16)18(25)23-19-22-17(12-28-19)13-4-3-7-21-11-13/h3-7,10-12H,1-2,8-9H2,(H,22,23,25). The molecule has 0 radical (unpaired) electrons. The van der Waals surface area contributed by atoms with E-state index in [1.54, 1.807) is 18.5 Å². The van der Waals surface area contributed by atoms with Crippen molar-refractivity contribution in [2.24, 2.45) is 0 Å². The van der Waals surface area contributed by atoms with Crippen molar-refractivity contribution in [3.63, 3.8) is 0 Å². The first kappa shape index (κ1) is 20.0. The lowest BCUT2D eigenvalue weighted by Crippen LogP contribution is -2.28. The van der Waals surface area contributed by atoms with Crippen molar-refractivity contribution in [2.75, 3.05) is 18.4 Å². The number of nitrogens with one attached hydrogen (secondary N) is 1. The fraction of sp³-hybridized carbons (Fsp3) is 0.211. The molecule has 0 aliphatic carbocycles. The van der Waals surface area contributed by atoms with E-state index in [-0.39, 0.29) is 15.5 Å². The molecule has 1 N–H and O–H groups in total. The van der Waals surface area contributed by atoms with Gasteiger partial charge in [0.05, 0.1) is 21.2 Å². The SMILES string of the molecule is O=C(Nc1nc(-c2cccnc2)cs1)c1cc(S(=O)(=O)N2CCCC2)ccc1Cl. The topological polar surface area (TPSA) is 92.3 Å². The Morgan fingerprint density at radius 3 is 2.72 bits per heavy atom. The quantitative estimate of drug-likeness (QED) is 0.639. The number of rotatable bonds is 5. The highest BCUT2D eigenvalue weighted by atomic mass is 35.5. The van der Waals surface area contributed by atoms with Gasteiger partial charge in [-0.05, 0) is 43.2 Å². The van der Waals surface area contributed by atoms with Gasteiger partial charge in [0.2, 0.25) is 10.0 Å². The molecule has 4 rings (SSSR count). The first-order chi connectivity index (χ1) is 13.9. The van der Waals surface area contributed by atoms with Crippen molar-refractivity contribution in [1.29, 1.82) is 0 Å². The molecule has 0 atom stereocenters. The summed E-state index contributed by atoms with van der Waals surface area (Å²) in [5.74, 6) is -0.513. The van der Waals surface area contributed by atoms with E-state index in [2.05, 4.69) is 15.3 Å². The molecule has 1 amide bonds. The Balaban J connectivity index is 1.57. The number of amides is 1. The maximum Gasteiger partial charge on any atom is 0.259 e. The van der Waals surface area contributed by atoms with Gasteiger partial charge in [-0.15, -0.1) is 11.3 Å². The summed E-state index contributed by atoms with van der Waals surface area (Å²) in [6.07, 6.45) is 5.03. The number of benzene rings is 1. The molecule has 3 aromatic rings. The molecule has 2 aromatic heterocycles. The molecule has 1 aromatic carbocycles. The number of thiazole rings is 1. The summed E-state index contributed by atoms with van der Waals surface area (Å²) >= 11 is 7.44.